The fraction of sp³-hybridized carbons (Fsp3) is 0.600. The molecule has 1 rings (SSSR count). The summed E-state index contributed by atoms with van der Waals surface area (Å²) < 4.78 is 0. The van der Waals surface area contributed by atoms with Crippen LogP contribution in [0.15, 0.2) is 10.1 Å². The fourth-order valence-corrected chi connectivity index (χ4v) is 1.47. The molecule has 1 aliphatic heterocycles. The Bertz CT molecular complexity index is 163. The highest BCUT2D eigenvalue weighted by Crippen LogP contribution is 2.07. The molecule has 4 nitrogen and oxygen atoms in total. The van der Waals surface area contributed by atoms with Crippen molar-refractivity contribution >= 4 is 35.0 Å². The van der Waals surface area contributed by atoms with E-state index in [9.17, 15) is 0 Å². The fourth-order valence-electron chi connectivity index (χ4n) is 0.712. The van der Waals surface area contributed by atoms with Crippen LogP contribution in [0.3, 0.4) is 0 Å². The third-order valence-corrected chi connectivity index (χ3v) is 2.11. The molecule has 2 N–H and O–H groups in total. The Kier molecular flexibility index (Phi) is 5.06. The normalized spacial score (nSPS) is 24.5. The lowest BCUT2D eigenvalue weighted by molar-refractivity contribution is 0.321. The van der Waals surface area contributed by atoms with E-state index in [-0.39, 0.29) is 12.4 Å². The van der Waals surface area contributed by atoms with E-state index in [0.717, 1.165) is 12.3 Å². The maximum Gasteiger partial charge on any atom is 0.177 e. The highest BCUT2D eigenvalue weighted by Gasteiger charge is 2.13. The van der Waals surface area contributed by atoms with Gasteiger partial charge in [0.05, 0.1) is 0 Å². The minimum absolute atomic E-state index is 0. The van der Waals surface area contributed by atoms with Gasteiger partial charge in [-0.3, -0.25) is 4.99 Å². The van der Waals surface area contributed by atoms with E-state index in [2.05, 4.69) is 15.5 Å². The number of nitrogens with zero attached hydrogens (tertiary/aromatic N) is 2. The standard InChI is InChI=1S/C5H9N3OS.ClH/c1-6-4-5(8-9)10-3-2-7-4;/h9H,2-3H2,1H3,(H,6,7);1H/b8-5-;. The van der Waals surface area contributed by atoms with Crippen molar-refractivity contribution in [2.45, 2.75) is 0 Å². The van der Waals surface area contributed by atoms with Crippen molar-refractivity contribution in [2.24, 2.45) is 10.1 Å². The summed E-state index contributed by atoms with van der Waals surface area (Å²) in [6.07, 6.45) is 0. The molecule has 0 spiro atoms. The zero-order valence-corrected chi connectivity index (χ0v) is 7.71. The summed E-state index contributed by atoms with van der Waals surface area (Å²) in [5.74, 6) is 1.61. The van der Waals surface area contributed by atoms with E-state index >= 15 is 0 Å². The molecule has 0 radical (unpaired) electrons. The van der Waals surface area contributed by atoms with Crippen LogP contribution in [-0.2, 0) is 0 Å². The van der Waals surface area contributed by atoms with Crippen LogP contribution in [0, 0.1) is 0 Å². The SMILES string of the molecule is CN=C1NCCS/C1=N\O.Cl. The van der Waals surface area contributed by atoms with Gasteiger partial charge >= 0.3 is 0 Å². The molecular weight excluding hydrogens is 186 g/mol. The number of oxime groups is 1. The lowest BCUT2D eigenvalue weighted by Crippen LogP contribution is -2.36. The molecule has 0 bridgehead atoms. The van der Waals surface area contributed by atoms with E-state index in [0.29, 0.717) is 10.9 Å². The molecule has 1 saturated heterocycles. The molecule has 0 aromatic rings. The van der Waals surface area contributed by atoms with Crippen LogP contribution in [0.4, 0.5) is 0 Å². The van der Waals surface area contributed by atoms with Crippen molar-refractivity contribution in [3.05, 3.63) is 0 Å². The number of hydrogen-bond donors (Lipinski definition) is 2. The van der Waals surface area contributed by atoms with Crippen LogP contribution in [0.25, 0.3) is 0 Å². The first-order chi connectivity index (χ1) is 4.88. The summed E-state index contributed by atoms with van der Waals surface area (Å²) in [6.45, 7) is 0.885. The van der Waals surface area contributed by atoms with Crippen molar-refractivity contribution in [1.82, 2.24) is 5.32 Å². The van der Waals surface area contributed by atoms with Gasteiger partial charge in [0.2, 0.25) is 0 Å². The predicted molar refractivity (Wildman–Crippen MR) is 50.3 cm³/mol. The van der Waals surface area contributed by atoms with E-state index in [1.165, 1.54) is 11.8 Å². The Balaban J connectivity index is 0.000001000. The van der Waals surface area contributed by atoms with Gasteiger partial charge in [0.25, 0.3) is 0 Å². The van der Waals surface area contributed by atoms with Gasteiger partial charge in [-0.2, -0.15) is 0 Å². The summed E-state index contributed by atoms with van der Waals surface area (Å²) in [4.78, 5) is 3.89. The van der Waals surface area contributed by atoms with E-state index in [4.69, 9.17) is 5.21 Å². The largest absolute Gasteiger partial charge is 0.410 e. The van der Waals surface area contributed by atoms with E-state index < -0.39 is 0 Å². The Hall–Kier alpha value is -0.420. The summed E-state index contributed by atoms with van der Waals surface area (Å²) in [5.41, 5.74) is 0. The summed E-state index contributed by atoms with van der Waals surface area (Å²) in [5, 5.41) is 15.1. The van der Waals surface area contributed by atoms with Crippen molar-refractivity contribution in [2.75, 3.05) is 19.3 Å². The molecule has 0 amide bonds. The minimum Gasteiger partial charge on any atom is -0.410 e. The van der Waals surface area contributed by atoms with Gasteiger partial charge in [-0.25, -0.2) is 0 Å². The molecule has 0 aromatic heterocycles. The topological polar surface area (TPSA) is 57.0 Å². The monoisotopic (exact) mass is 195 g/mol. The molecule has 1 heterocycles. The Labute approximate surface area is 75.6 Å². The summed E-state index contributed by atoms with van der Waals surface area (Å²) in [7, 11) is 1.67. The number of rotatable bonds is 0. The number of aliphatic imine (C=N–C) groups is 1. The first kappa shape index (κ1) is 10.6. The third-order valence-electron chi connectivity index (χ3n) is 1.15. The van der Waals surface area contributed by atoms with Crippen molar-refractivity contribution in [3.63, 3.8) is 0 Å². The number of halogens is 1. The highest BCUT2D eigenvalue weighted by molar-refractivity contribution is 8.15. The summed E-state index contributed by atoms with van der Waals surface area (Å²) >= 11 is 1.50. The number of hydrogen-bond acceptors (Lipinski definition) is 4. The average Bonchev–Trinajstić information content (AvgIpc) is 2.04. The molecule has 1 aliphatic rings. The Morgan fingerprint density at radius 2 is 2.36 bits per heavy atom. The molecular formula is C5H10ClN3OS. The maximum atomic E-state index is 8.44. The van der Waals surface area contributed by atoms with Gasteiger partial charge in [0.1, 0.15) is 0 Å². The lowest BCUT2D eigenvalue weighted by Gasteiger charge is -2.14. The van der Waals surface area contributed by atoms with Gasteiger partial charge in [0.15, 0.2) is 10.9 Å². The molecule has 11 heavy (non-hydrogen) atoms. The Morgan fingerprint density at radius 3 is 2.82 bits per heavy atom. The van der Waals surface area contributed by atoms with Gasteiger partial charge in [-0.15, -0.1) is 12.4 Å². The highest BCUT2D eigenvalue weighted by atomic mass is 35.5. The van der Waals surface area contributed by atoms with Gasteiger partial charge in [-0.05, 0) is 0 Å². The molecule has 0 atom stereocenters. The van der Waals surface area contributed by atoms with Gasteiger partial charge < -0.3 is 10.5 Å². The second-order valence-electron chi connectivity index (χ2n) is 1.75. The Morgan fingerprint density at radius 1 is 1.64 bits per heavy atom. The molecule has 64 valence electrons. The maximum absolute atomic E-state index is 8.44. The smallest absolute Gasteiger partial charge is 0.177 e. The van der Waals surface area contributed by atoms with Crippen molar-refractivity contribution < 1.29 is 5.21 Å². The van der Waals surface area contributed by atoms with Crippen LogP contribution >= 0.6 is 24.2 Å². The van der Waals surface area contributed by atoms with E-state index in [1.54, 1.807) is 7.05 Å². The van der Waals surface area contributed by atoms with Crippen molar-refractivity contribution in [3.8, 4) is 0 Å². The molecule has 1 fully saturated rings. The van der Waals surface area contributed by atoms with Gasteiger partial charge in [-0.1, -0.05) is 16.9 Å². The molecule has 0 aliphatic carbocycles. The molecule has 0 aromatic carbocycles. The van der Waals surface area contributed by atoms with Gasteiger partial charge in [0, 0.05) is 19.3 Å². The zero-order chi connectivity index (χ0) is 7.40. The quantitative estimate of drug-likeness (QED) is 0.439. The predicted octanol–water partition coefficient (Wildman–Crippen LogP) is 0.561. The number of amidine groups is 1. The second kappa shape index (κ2) is 5.26. The first-order valence-electron chi connectivity index (χ1n) is 2.94. The van der Waals surface area contributed by atoms with Crippen LogP contribution < -0.4 is 5.32 Å². The third kappa shape index (κ3) is 2.59. The molecule has 0 unspecified atom stereocenters. The van der Waals surface area contributed by atoms with Crippen LogP contribution in [-0.4, -0.2) is 35.4 Å². The van der Waals surface area contributed by atoms with Crippen LogP contribution in [0.1, 0.15) is 0 Å². The minimum atomic E-state index is 0. The molecule has 6 heteroatoms. The summed E-state index contributed by atoms with van der Waals surface area (Å²) in [6, 6.07) is 0. The number of nitrogens with one attached hydrogen (secondary N) is 1. The second-order valence-corrected chi connectivity index (χ2v) is 2.84. The first-order valence-corrected chi connectivity index (χ1v) is 3.93. The van der Waals surface area contributed by atoms with Crippen LogP contribution in [0.2, 0.25) is 0 Å². The lowest BCUT2D eigenvalue weighted by atomic mass is 10.5. The molecule has 0 saturated carbocycles. The zero-order valence-electron chi connectivity index (χ0n) is 6.07. The van der Waals surface area contributed by atoms with E-state index in [1.807, 2.05) is 0 Å². The average molecular weight is 196 g/mol. The van der Waals surface area contributed by atoms with Crippen molar-refractivity contribution in [1.29, 1.82) is 0 Å². The van der Waals surface area contributed by atoms with Crippen LogP contribution in [0.5, 0.6) is 0 Å². The number of thioether (sulfide) groups is 1.